The molecule has 2 aliphatic rings. The quantitative estimate of drug-likeness (QED) is 0.738. The molecule has 0 spiro atoms. The van der Waals surface area contributed by atoms with Gasteiger partial charge >= 0.3 is 0 Å². The Kier molecular flexibility index (Phi) is 3.45. The molecule has 2 nitrogen and oxygen atoms in total. The van der Waals surface area contributed by atoms with Crippen LogP contribution in [0.1, 0.15) is 39.0 Å². The Hall–Kier alpha value is -0.0800. The summed E-state index contributed by atoms with van der Waals surface area (Å²) in [5.41, 5.74) is 0. The molecule has 0 amide bonds. The van der Waals surface area contributed by atoms with Crippen molar-refractivity contribution in [2.24, 2.45) is 5.92 Å². The molecule has 2 rings (SSSR count). The van der Waals surface area contributed by atoms with Gasteiger partial charge in [-0.1, -0.05) is 6.92 Å². The molecule has 0 radical (unpaired) electrons. The topological polar surface area (TPSA) is 15.3 Å². The van der Waals surface area contributed by atoms with Gasteiger partial charge in [0.1, 0.15) is 0 Å². The van der Waals surface area contributed by atoms with Gasteiger partial charge in [-0.15, -0.1) is 0 Å². The van der Waals surface area contributed by atoms with E-state index in [1.165, 1.54) is 45.2 Å². The Morgan fingerprint density at radius 3 is 2.57 bits per heavy atom. The second-order valence-corrected chi connectivity index (χ2v) is 5.29. The average molecular weight is 196 g/mol. The van der Waals surface area contributed by atoms with Crippen LogP contribution in [-0.2, 0) is 0 Å². The molecule has 0 aromatic rings. The zero-order valence-corrected chi connectivity index (χ0v) is 9.63. The predicted octanol–water partition coefficient (Wildman–Crippen LogP) is 1.86. The van der Waals surface area contributed by atoms with E-state index in [0.717, 1.165) is 18.0 Å². The Labute approximate surface area is 88.1 Å². The van der Waals surface area contributed by atoms with Crippen molar-refractivity contribution < 1.29 is 0 Å². The Morgan fingerprint density at radius 2 is 2.00 bits per heavy atom. The van der Waals surface area contributed by atoms with Crippen LogP contribution in [-0.4, -0.2) is 37.1 Å². The van der Waals surface area contributed by atoms with E-state index < -0.39 is 0 Å². The van der Waals surface area contributed by atoms with Crippen LogP contribution >= 0.6 is 0 Å². The average Bonchev–Trinajstić information content (AvgIpc) is 3.00. The summed E-state index contributed by atoms with van der Waals surface area (Å²) in [7, 11) is 2.28. The fourth-order valence-corrected chi connectivity index (χ4v) is 2.36. The summed E-state index contributed by atoms with van der Waals surface area (Å²) in [6.45, 7) is 4.87. The normalized spacial score (nSPS) is 33.6. The summed E-state index contributed by atoms with van der Waals surface area (Å²) in [6.07, 6.45) is 7.03. The highest BCUT2D eigenvalue weighted by Gasteiger charge is 2.26. The number of hydrogen-bond donors (Lipinski definition) is 1. The minimum Gasteiger partial charge on any atom is -0.314 e. The molecule has 1 saturated heterocycles. The van der Waals surface area contributed by atoms with Crippen LogP contribution in [0.25, 0.3) is 0 Å². The molecule has 14 heavy (non-hydrogen) atoms. The number of rotatable bonds is 4. The van der Waals surface area contributed by atoms with Crippen LogP contribution in [0, 0.1) is 5.92 Å². The van der Waals surface area contributed by atoms with Crippen molar-refractivity contribution in [2.45, 2.75) is 51.1 Å². The van der Waals surface area contributed by atoms with E-state index in [1.807, 2.05) is 0 Å². The summed E-state index contributed by atoms with van der Waals surface area (Å²) in [6, 6.07) is 1.73. The summed E-state index contributed by atoms with van der Waals surface area (Å²) in [5.74, 6) is 0.896. The van der Waals surface area contributed by atoms with Gasteiger partial charge < -0.3 is 10.2 Å². The summed E-state index contributed by atoms with van der Waals surface area (Å²) in [5, 5.41) is 3.66. The van der Waals surface area contributed by atoms with Crippen molar-refractivity contribution in [1.29, 1.82) is 0 Å². The monoisotopic (exact) mass is 196 g/mol. The molecular formula is C12H24N2. The van der Waals surface area contributed by atoms with Gasteiger partial charge in [-0.2, -0.15) is 0 Å². The Morgan fingerprint density at radius 1 is 1.21 bits per heavy atom. The third kappa shape index (κ3) is 2.96. The van der Waals surface area contributed by atoms with Crippen LogP contribution in [0.2, 0.25) is 0 Å². The molecule has 1 heterocycles. The van der Waals surface area contributed by atoms with Gasteiger partial charge in [-0.25, -0.2) is 0 Å². The molecule has 1 aliphatic carbocycles. The van der Waals surface area contributed by atoms with E-state index in [9.17, 15) is 0 Å². The largest absolute Gasteiger partial charge is 0.314 e. The van der Waals surface area contributed by atoms with Gasteiger partial charge in [0.05, 0.1) is 0 Å². The molecule has 0 unspecified atom stereocenters. The second-order valence-electron chi connectivity index (χ2n) is 5.29. The number of nitrogens with one attached hydrogen (secondary N) is 1. The molecule has 1 aliphatic heterocycles. The molecule has 82 valence electrons. The van der Waals surface area contributed by atoms with E-state index in [0.29, 0.717) is 0 Å². The second kappa shape index (κ2) is 4.63. The highest BCUT2D eigenvalue weighted by molar-refractivity contribution is 4.84. The Balaban J connectivity index is 1.60. The smallest absolute Gasteiger partial charge is 0.00933 e. The van der Waals surface area contributed by atoms with Crippen molar-refractivity contribution >= 4 is 0 Å². The number of hydrogen-bond acceptors (Lipinski definition) is 2. The molecule has 0 aromatic carbocycles. The fourth-order valence-electron chi connectivity index (χ4n) is 2.36. The molecule has 2 fully saturated rings. The highest BCUT2D eigenvalue weighted by atomic mass is 15.2. The number of piperidine rings is 1. The first-order chi connectivity index (χ1) is 6.75. The van der Waals surface area contributed by atoms with Gasteiger partial charge in [0.15, 0.2) is 0 Å². The van der Waals surface area contributed by atoms with E-state index in [-0.39, 0.29) is 0 Å². The lowest BCUT2D eigenvalue weighted by molar-refractivity contribution is 0.261. The molecule has 1 saturated carbocycles. The lowest BCUT2D eigenvalue weighted by atomic mass is 9.95. The van der Waals surface area contributed by atoms with Crippen molar-refractivity contribution in [3.05, 3.63) is 0 Å². The lowest BCUT2D eigenvalue weighted by Crippen LogP contribution is -2.40. The summed E-state index contributed by atoms with van der Waals surface area (Å²) >= 11 is 0. The predicted molar refractivity (Wildman–Crippen MR) is 60.5 cm³/mol. The molecular weight excluding hydrogens is 172 g/mol. The first-order valence-corrected chi connectivity index (χ1v) is 6.19. The van der Waals surface area contributed by atoms with Crippen molar-refractivity contribution in [3.63, 3.8) is 0 Å². The molecule has 0 bridgehead atoms. The van der Waals surface area contributed by atoms with Gasteiger partial charge in [0, 0.05) is 12.1 Å². The maximum atomic E-state index is 3.66. The third-order valence-electron chi connectivity index (χ3n) is 3.76. The van der Waals surface area contributed by atoms with Gasteiger partial charge in [-0.3, -0.25) is 0 Å². The van der Waals surface area contributed by atoms with Crippen molar-refractivity contribution in [1.82, 2.24) is 10.2 Å². The minimum atomic E-state index is 0.799. The standard InChI is InChI=1S/C12H24N2/c1-10-3-4-11(13-9-10)7-8-14(2)12-5-6-12/h10-13H,3-9H2,1-2H3/t10-,11-/m1/s1. The van der Waals surface area contributed by atoms with E-state index >= 15 is 0 Å². The maximum Gasteiger partial charge on any atom is 0.00933 e. The van der Waals surface area contributed by atoms with E-state index in [4.69, 9.17) is 0 Å². The first-order valence-electron chi connectivity index (χ1n) is 6.19. The summed E-state index contributed by atoms with van der Waals surface area (Å²) in [4.78, 5) is 2.54. The van der Waals surface area contributed by atoms with Crippen molar-refractivity contribution in [2.75, 3.05) is 20.1 Å². The van der Waals surface area contributed by atoms with Crippen molar-refractivity contribution in [3.8, 4) is 0 Å². The molecule has 1 N–H and O–H groups in total. The van der Waals surface area contributed by atoms with Crippen LogP contribution in [0.3, 0.4) is 0 Å². The lowest BCUT2D eigenvalue weighted by Gasteiger charge is -2.29. The van der Waals surface area contributed by atoms with Gasteiger partial charge in [0.25, 0.3) is 0 Å². The van der Waals surface area contributed by atoms with Gasteiger partial charge in [-0.05, 0) is 58.2 Å². The maximum absolute atomic E-state index is 3.66. The number of nitrogens with zero attached hydrogens (tertiary/aromatic N) is 1. The minimum absolute atomic E-state index is 0.799. The Bertz CT molecular complexity index is 169. The molecule has 0 aromatic heterocycles. The fraction of sp³-hybridized carbons (Fsp3) is 1.00. The van der Waals surface area contributed by atoms with Crippen LogP contribution in [0.15, 0.2) is 0 Å². The SMILES string of the molecule is C[C@@H]1CC[C@H](CCN(C)C2CC2)NC1. The van der Waals surface area contributed by atoms with Crippen LogP contribution < -0.4 is 5.32 Å². The van der Waals surface area contributed by atoms with Crippen LogP contribution in [0.4, 0.5) is 0 Å². The molecule has 2 heteroatoms. The van der Waals surface area contributed by atoms with Crippen LogP contribution in [0.5, 0.6) is 0 Å². The zero-order chi connectivity index (χ0) is 9.97. The van der Waals surface area contributed by atoms with Gasteiger partial charge in [0.2, 0.25) is 0 Å². The highest BCUT2D eigenvalue weighted by Crippen LogP contribution is 2.25. The molecule has 2 atom stereocenters. The van der Waals surface area contributed by atoms with E-state index in [2.05, 4.69) is 24.2 Å². The first kappa shape index (κ1) is 10.4. The zero-order valence-electron chi connectivity index (χ0n) is 9.63. The summed E-state index contributed by atoms with van der Waals surface area (Å²) < 4.78 is 0. The van der Waals surface area contributed by atoms with E-state index in [1.54, 1.807) is 0 Å². The third-order valence-corrected chi connectivity index (χ3v) is 3.76.